The van der Waals surface area contributed by atoms with Crippen LogP contribution in [0.5, 0.6) is 0 Å². The fourth-order valence-electron chi connectivity index (χ4n) is 4.16. The van der Waals surface area contributed by atoms with E-state index in [1.807, 2.05) is 0 Å². The van der Waals surface area contributed by atoms with Crippen LogP contribution in [0.4, 0.5) is 10.5 Å². The van der Waals surface area contributed by atoms with Crippen LogP contribution in [0.25, 0.3) is 5.82 Å². The van der Waals surface area contributed by atoms with Crippen LogP contribution in [-0.2, 0) is 4.74 Å². The monoisotopic (exact) mass is 730 g/mol. The first-order valence-corrected chi connectivity index (χ1v) is 14.3. The minimum Gasteiger partial charge on any atom is -0.452 e. The molecule has 14 heteroatoms. The molecular weight excluding hydrogens is 711 g/mol. The number of hydrazine groups is 1. The summed E-state index contributed by atoms with van der Waals surface area (Å²) in [4.78, 5) is 43.7. The second kappa shape index (κ2) is 12.6. The quantitative estimate of drug-likeness (QED) is 0.289. The third-order valence-corrected chi connectivity index (χ3v) is 7.69. The molecule has 2 aromatic heterocycles. The first-order chi connectivity index (χ1) is 18.2. The van der Waals surface area contributed by atoms with E-state index < -0.39 is 17.9 Å². The van der Waals surface area contributed by atoms with Gasteiger partial charge in [0.25, 0.3) is 11.8 Å². The van der Waals surface area contributed by atoms with Crippen molar-refractivity contribution in [3.05, 3.63) is 66.4 Å². The zero-order valence-corrected chi connectivity index (χ0v) is 25.5. The van der Waals surface area contributed by atoms with Crippen molar-refractivity contribution in [2.45, 2.75) is 38.1 Å². The van der Waals surface area contributed by atoms with E-state index in [1.165, 1.54) is 29.1 Å². The number of amides is 3. The van der Waals surface area contributed by atoms with Gasteiger partial charge in [0.05, 0.1) is 29.4 Å². The highest BCUT2D eigenvalue weighted by Crippen LogP contribution is 2.32. The Morgan fingerprint density at radius 1 is 1.11 bits per heavy atom. The summed E-state index contributed by atoms with van der Waals surface area (Å²) in [7, 11) is 1.26. The minimum absolute atomic E-state index is 0.116. The number of hydrogen-bond acceptors (Lipinski definition) is 6. The number of pyridine rings is 1. The number of carbonyl (C=O) groups excluding carboxylic acids is 3. The summed E-state index contributed by atoms with van der Waals surface area (Å²) in [5, 5.41) is 8.61. The lowest BCUT2D eigenvalue weighted by Gasteiger charge is -2.33. The van der Waals surface area contributed by atoms with Gasteiger partial charge < -0.3 is 10.1 Å². The third kappa shape index (κ3) is 6.38. The molecule has 0 aliphatic heterocycles. The van der Waals surface area contributed by atoms with Gasteiger partial charge in [0.15, 0.2) is 5.82 Å². The summed E-state index contributed by atoms with van der Waals surface area (Å²) in [5.41, 5.74) is 3.12. The second-order valence-corrected chi connectivity index (χ2v) is 11.4. The number of hydrogen-bond donors (Lipinski definition) is 2. The molecule has 2 heterocycles. The lowest BCUT2D eigenvalue weighted by atomic mass is 9.95. The Hall–Kier alpha value is -2.48. The van der Waals surface area contributed by atoms with Crippen LogP contribution in [0.3, 0.4) is 0 Å². The Morgan fingerprint density at radius 3 is 2.53 bits per heavy atom. The van der Waals surface area contributed by atoms with Gasteiger partial charge in [-0.05, 0) is 69.0 Å². The summed E-state index contributed by atoms with van der Waals surface area (Å²) in [5.74, 6) is -0.904. The summed E-state index contributed by atoms with van der Waals surface area (Å²) in [6.07, 6.45) is 5.33. The number of anilines is 1. The van der Waals surface area contributed by atoms with Crippen LogP contribution in [0.2, 0.25) is 5.02 Å². The van der Waals surface area contributed by atoms with Crippen LogP contribution in [0.1, 0.15) is 53.0 Å². The number of benzene rings is 1. The van der Waals surface area contributed by atoms with Crippen molar-refractivity contribution in [1.82, 2.24) is 25.2 Å². The molecule has 38 heavy (non-hydrogen) atoms. The molecule has 3 amide bonds. The molecule has 1 saturated carbocycles. The molecule has 4 rings (SSSR count). The van der Waals surface area contributed by atoms with E-state index in [2.05, 4.69) is 68.6 Å². The van der Waals surface area contributed by atoms with E-state index in [0.29, 0.717) is 18.6 Å². The molecule has 0 spiro atoms. The molecule has 2 N–H and O–H groups in total. The molecule has 0 bridgehead atoms. The van der Waals surface area contributed by atoms with Crippen molar-refractivity contribution in [1.29, 1.82) is 0 Å². The van der Waals surface area contributed by atoms with Gasteiger partial charge in [-0.15, -0.1) is 0 Å². The van der Waals surface area contributed by atoms with Gasteiger partial charge in [-0.3, -0.25) is 15.0 Å². The number of aromatic nitrogens is 3. The molecule has 0 atom stereocenters. The Bertz CT molecular complexity index is 1380. The van der Waals surface area contributed by atoms with Crippen molar-refractivity contribution in [2.24, 2.45) is 0 Å². The summed E-state index contributed by atoms with van der Waals surface area (Å²) >= 11 is 16.4. The Morgan fingerprint density at radius 2 is 1.84 bits per heavy atom. The second-order valence-electron chi connectivity index (χ2n) is 8.41. The van der Waals surface area contributed by atoms with E-state index in [1.54, 1.807) is 24.3 Å². The van der Waals surface area contributed by atoms with Crippen molar-refractivity contribution < 1.29 is 19.1 Å². The molecule has 1 aliphatic carbocycles. The lowest BCUT2D eigenvalue weighted by Crippen LogP contribution is -2.52. The van der Waals surface area contributed by atoms with Gasteiger partial charge in [-0.25, -0.2) is 19.5 Å². The molecule has 0 saturated heterocycles. The highest BCUT2D eigenvalue weighted by Gasteiger charge is 2.30. The highest BCUT2D eigenvalue weighted by atomic mass is 79.9. The zero-order valence-electron chi connectivity index (χ0n) is 20.0. The maximum Gasteiger partial charge on any atom is 0.428 e. The normalized spacial score (nSPS) is 13.6. The maximum absolute atomic E-state index is 13.5. The van der Waals surface area contributed by atoms with Crippen LogP contribution in [0, 0.1) is 0 Å². The van der Waals surface area contributed by atoms with Gasteiger partial charge in [0.1, 0.15) is 10.3 Å². The highest BCUT2D eigenvalue weighted by molar-refractivity contribution is 9.11. The molecule has 0 radical (unpaired) electrons. The predicted octanol–water partition coefficient (Wildman–Crippen LogP) is 6.51. The molecule has 3 aromatic rings. The van der Waals surface area contributed by atoms with Crippen molar-refractivity contribution in [2.75, 3.05) is 12.4 Å². The third-order valence-electron chi connectivity index (χ3n) is 5.92. The lowest BCUT2D eigenvalue weighted by molar-refractivity contribution is 0.0513. The predicted molar refractivity (Wildman–Crippen MR) is 152 cm³/mol. The number of nitrogens with zero attached hydrogens (tertiary/aromatic N) is 4. The average molecular weight is 734 g/mol. The fraction of sp³-hybridized carbons (Fsp3) is 0.292. The van der Waals surface area contributed by atoms with Gasteiger partial charge in [0, 0.05) is 21.2 Å². The molecule has 1 aromatic carbocycles. The van der Waals surface area contributed by atoms with Crippen LogP contribution in [0.15, 0.2) is 50.1 Å². The Labute approximate surface area is 248 Å². The van der Waals surface area contributed by atoms with E-state index >= 15 is 0 Å². The van der Waals surface area contributed by atoms with Gasteiger partial charge >= 0.3 is 6.09 Å². The fourth-order valence-corrected chi connectivity index (χ4v) is 6.06. The minimum atomic E-state index is -0.661. The standard InChI is InChI=1S/C24H22Br3ClN6O4/c1-38-24(37)33(14-6-3-2-4-7-14)32-22(35)15-10-13(25)11-16(26)20(15)30-23(36)18-12-19(27)31-34(18)21-17(28)8-5-9-29-21/h5,8-12,14H,2-4,6-7H2,1H3,(H,30,36)(H,32,35). The Kier molecular flexibility index (Phi) is 9.45. The van der Waals surface area contributed by atoms with E-state index in [9.17, 15) is 14.4 Å². The molecule has 1 fully saturated rings. The number of halogens is 4. The smallest absolute Gasteiger partial charge is 0.428 e. The number of methoxy groups -OCH3 is 1. The van der Waals surface area contributed by atoms with Crippen molar-refractivity contribution in [3.8, 4) is 5.82 Å². The summed E-state index contributed by atoms with van der Waals surface area (Å²) in [6, 6.07) is 7.86. The molecule has 0 unspecified atom stereocenters. The number of rotatable bonds is 5. The zero-order chi connectivity index (χ0) is 27.4. The van der Waals surface area contributed by atoms with E-state index in [-0.39, 0.29) is 28.8 Å². The Balaban J connectivity index is 1.66. The number of carbonyl (C=O) groups is 3. The van der Waals surface area contributed by atoms with Crippen LogP contribution in [-0.4, -0.2) is 50.8 Å². The molecular formula is C24H22Br3ClN6O4. The average Bonchev–Trinajstić information content (AvgIpc) is 3.30. The van der Waals surface area contributed by atoms with Gasteiger partial charge in [-0.1, -0.05) is 46.8 Å². The SMILES string of the molecule is COC(=O)N(NC(=O)c1cc(Br)cc(Br)c1NC(=O)c1cc(Br)nn1-c1ncccc1Cl)C1CCCCC1. The van der Waals surface area contributed by atoms with Crippen LogP contribution >= 0.6 is 59.4 Å². The summed E-state index contributed by atoms with van der Waals surface area (Å²) in [6.45, 7) is 0. The van der Waals surface area contributed by atoms with Crippen molar-refractivity contribution in [3.63, 3.8) is 0 Å². The topological polar surface area (TPSA) is 118 Å². The maximum atomic E-state index is 13.5. The van der Waals surface area contributed by atoms with Gasteiger partial charge in [0.2, 0.25) is 0 Å². The van der Waals surface area contributed by atoms with E-state index in [4.69, 9.17) is 16.3 Å². The first kappa shape index (κ1) is 28.5. The van der Waals surface area contributed by atoms with Gasteiger partial charge in [-0.2, -0.15) is 5.10 Å². The number of nitrogens with one attached hydrogen (secondary N) is 2. The number of ether oxygens (including phenoxy) is 1. The largest absolute Gasteiger partial charge is 0.452 e. The first-order valence-electron chi connectivity index (χ1n) is 11.5. The molecule has 10 nitrogen and oxygen atoms in total. The van der Waals surface area contributed by atoms with Crippen LogP contribution < -0.4 is 10.7 Å². The van der Waals surface area contributed by atoms with Crippen molar-refractivity contribution >= 4 is 83.0 Å². The summed E-state index contributed by atoms with van der Waals surface area (Å²) < 4.78 is 7.64. The molecule has 1 aliphatic rings. The molecule has 200 valence electrons. The van der Waals surface area contributed by atoms with E-state index in [0.717, 1.165) is 32.1 Å².